The third kappa shape index (κ3) is 5.25. The fourth-order valence-electron chi connectivity index (χ4n) is 2.96. The molecule has 29 heavy (non-hydrogen) atoms. The SMILES string of the molecule is Cc1cc(NC(=O)CN2CCN(C(=O)Cn3cc([N+](=O)[O-])ccc3=O)CC2)no1. The highest BCUT2D eigenvalue weighted by atomic mass is 16.6. The predicted octanol–water partition coefficient (Wildman–Crippen LogP) is -0.164. The zero-order valence-electron chi connectivity index (χ0n) is 15.7. The molecule has 154 valence electrons. The van der Waals surface area contributed by atoms with E-state index >= 15 is 0 Å². The van der Waals surface area contributed by atoms with Crippen molar-refractivity contribution < 1.29 is 19.0 Å². The van der Waals surface area contributed by atoms with Crippen molar-refractivity contribution >= 4 is 23.3 Å². The van der Waals surface area contributed by atoms with Crippen molar-refractivity contribution in [2.45, 2.75) is 13.5 Å². The molecule has 1 aliphatic heterocycles. The number of hydrogen-bond acceptors (Lipinski definition) is 8. The van der Waals surface area contributed by atoms with E-state index in [9.17, 15) is 24.5 Å². The van der Waals surface area contributed by atoms with Gasteiger partial charge < -0.3 is 14.7 Å². The van der Waals surface area contributed by atoms with Gasteiger partial charge in [0.05, 0.1) is 17.7 Å². The summed E-state index contributed by atoms with van der Waals surface area (Å²) in [5, 5.41) is 17.2. The minimum atomic E-state index is -0.620. The highest BCUT2D eigenvalue weighted by Crippen LogP contribution is 2.09. The van der Waals surface area contributed by atoms with Crippen LogP contribution >= 0.6 is 0 Å². The topological polar surface area (TPSA) is 144 Å². The van der Waals surface area contributed by atoms with Crippen LogP contribution < -0.4 is 10.9 Å². The van der Waals surface area contributed by atoms with Crippen molar-refractivity contribution in [3.8, 4) is 0 Å². The van der Waals surface area contributed by atoms with Gasteiger partial charge >= 0.3 is 0 Å². The highest BCUT2D eigenvalue weighted by Gasteiger charge is 2.23. The fourth-order valence-corrected chi connectivity index (χ4v) is 2.96. The molecule has 0 spiro atoms. The lowest BCUT2D eigenvalue weighted by atomic mass is 10.3. The third-order valence-electron chi connectivity index (χ3n) is 4.47. The van der Waals surface area contributed by atoms with Crippen molar-refractivity contribution in [3.63, 3.8) is 0 Å². The van der Waals surface area contributed by atoms with Crippen LogP contribution in [-0.4, -0.2) is 69.0 Å². The molecule has 3 rings (SSSR count). The normalized spacial score (nSPS) is 14.6. The van der Waals surface area contributed by atoms with Crippen LogP contribution in [0.3, 0.4) is 0 Å². The van der Waals surface area contributed by atoms with Gasteiger partial charge in [-0.25, -0.2) is 0 Å². The summed E-state index contributed by atoms with van der Waals surface area (Å²) < 4.78 is 5.92. The van der Waals surface area contributed by atoms with Gasteiger partial charge in [-0.15, -0.1) is 0 Å². The predicted molar refractivity (Wildman–Crippen MR) is 100 cm³/mol. The molecule has 12 heteroatoms. The Hall–Kier alpha value is -3.54. The Morgan fingerprint density at radius 1 is 1.24 bits per heavy atom. The summed E-state index contributed by atoms with van der Waals surface area (Å²) in [5.41, 5.74) is -0.738. The monoisotopic (exact) mass is 404 g/mol. The number of nitrogens with zero attached hydrogens (tertiary/aromatic N) is 5. The van der Waals surface area contributed by atoms with Gasteiger partial charge in [0.1, 0.15) is 12.3 Å². The number of nitro groups is 1. The molecule has 2 aromatic heterocycles. The van der Waals surface area contributed by atoms with Crippen molar-refractivity contribution in [1.82, 2.24) is 19.5 Å². The molecule has 1 fully saturated rings. The minimum absolute atomic E-state index is 0.151. The van der Waals surface area contributed by atoms with Crippen LogP contribution in [0.25, 0.3) is 0 Å². The molecule has 1 aliphatic rings. The number of aryl methyl sites for hydroxylation is 1. The molecule has 0 saturated carbocycles. The number of aromatic nitrogens is 2. The third-order valence-corrected chi connectivity index (χ3v) is 4.47. The Kier molecular flexibility index (Phi) is 6.02. The molecule has 0 aromatic carbocycles. The van der Waals surface area contributed by atoms with Crippen molar-refractivity contribution in [3.05, 3.63) is 50.6 Å². The first-order valence-corrected chi connectivity index (χ1v) is 8.90. The molecule has 0 unspecified atom stereocenters. The van der Waals surface area contributed by atoms with Crippen LogP contribution in [0, 0.1) is 17.0 Å². The standard InChI is InChI=1S/C17H20N6O6/c1-12-8-14(19-29-12)18-15(24)10-20-4-6-21(7-5-20)17(26)11-22-9-13(23(27)28)2-3-16(22)25/h2-3,8-9H,4-7,10-11H2,1H3,(H,18,19,24). The average Bonchev–Trinajstić information content (AvgIpc) is 3.08. The fraction of sp³-hybridized carbons (Fsp3) is 0.412. The first kappa shape index (κ1) is 20.2. The van der Waals surface area contributed by atoms with E-state index < -0.39 is 10.5 Å². The van der Waals surface area contributed by atoms with Crippen molar-refractivity contribution in [2.75, 3.05) is 38.0 Å². The zero-order valence-corrected chi connectivity index (χ0v) is 15.7. The summed E-state index contributed by atoms with van der Waals surface area (Å²) in [6.45, 7) is 3.35. The number of piperazine rings is 1. The second-order valence-electron chi connectivity index (χ2n) is 6.64. The number of carbonyl (C=O) groups excluding carboxylic acids is 2. The Bertz CT molecular complexity index is 975. The number of anilines is 1. The van der Waals surface area contributed by atoms with Gasteiger partial charge in [0.15, 0.2) is 5.82 Å². The molecule has 12 nitrogen and oxygen atoms in total. The van der Waals surface area contributed by atoms with Gasteiger partial charge in [-0.1, -0.05) is 5.16 Å². The summed E-state index contributed by atoms with van der Waals surface area (Å²) in [6.07, 6.45) is 1.06. The van der Waals surface area contributed by atoms with E-state index in [1.807, 2.05) is 4.90 Å². The van der Waals surface area contributed by atoms with E-state index in [2.05, 4.69) is 10.5 Å². The number of pyridine rings is 1. The van der Waals surface area contributed by atoms with Crippen LogP contribution in [0.1, 0.15) is 5.76 Å². The summed E-state index contributed by atoms with van der Waals surface area (Å²) >= 11 is 0. The van der Waals surface area contributed by atoms with Gasteiger partial charge in [0.25, 0.3) is 11.2 Å². The molecule has 1 saturated heterocycles. The quantitative estimate of drug-likeness (QED) is 0.516. The summed E-state index contributed by atoms with van der Waals surface area (Å²) in [7, 11) is 0. The molecule has 0 aliphatic carbocycles. The Balaban J connectivity index is 1.49. The lowest BCUT2D eigenvalue weighted by Crippen LogP contribution is -2.51. The van der Waals surface area contributed by atoms with Crippen molar-refractivity contribution in [2.24, 2.45) is 0 Å². The van der Waals surface area contributed by atoms with Crippen molar-refractivity contribution in [1.29, 1.82) is 0 Å². The summed E-state index contributed by atoms with van der Waals surface area (Å²) in [4.78, 5) is 50.0. The number of rotatable bonds is 6. The number of hydrogen-bond donors (Lipinski definition) is 1. The van der Waals surface area contributed by atoms with Crippen LogP contribution in [0.15, 0.2) is 33.7 Å². The van der Waals surface area contributed by atoms with Crippen LogP contribution in [0.4, 0.5) is 11.5 Å². The largest absolute Gasteiger partial charge is 0.360 e. The molecule has 2 aromatic rings. The first-order chi connectivity index (χ1) is 13.8. The van der Waals surface area contributed by atoms with E-state index in [-0.39, 0.29) is 30.6 Å². The van der Waals surface area contributed by atoms with Gasteiger partial charge in [0.2, 0.25) is 11.8 Å². The van der Waals surface area contributed by atoms with E-state index in [0.29, 0.717) is 37.8 Å². The molecule has 0 atom stereocenters. The molecular formula is C17H20N6O6. The molecule has 3 heterocycles. The molecule has 0 bridgehead atoms. The van der Waals surface area contributed by atoms with Gasteiger partial charge in [-0.2, -0.15) is 0 Å². The van der Waals surface area contributed by atoms with Gasteiger partial charge in [-0.05, 0) is 6.92 Å². The molecule has 2 amide bonds. The molecule has 0 radical (unpaired) electrons. The van der Waals surface area contributed by atoms with Gasteiger partial charge in [0, 0.05) is 44.4 Å². The molecule has 1 N–H and O–H groups in total. The average molecular weight is 404 g/mol. The maximum atomic E-state index is 12.5. The Labute approximate surface area is 164 Å². The lowest BCUT2D eigenvalue weighted by molar-refractivity contribution is -0.385. The maximum Gasteiger partial charge on any atom is 0.285 e. The minimum Gasteiger partial charge on any atom is -0.360 e. The number of nitrogens with one attached hydrogen (secondary N) is 1. The summed E-state index contributed by atoms with van der Waals surface area (Å²) in [6, 6.07) is 3.79. The smallest absolute Gasteiger partial charge is 0.285 e. The first-order valence-electron chi connectivity index (χ1n) is 8.90. The highest BCUT2D eigenvalue weighted by molar-refractivity contribution is 5.91. The van der Waals surface area contributed by atoms with E-state index in [0.717, 1.165) is 22.9 Å². The van der Waals surface area contributed by atoms with E-state index in [4.69, 9.17) is 4.52 Å². The van der Waals surface area contributed by atoms with Crippen LogP contribution in [0.5, 0.6) is 0 Å². The Morgan fingerprint density at radius 2 is 1.97 bits per heavy atom. The molecular weight excluding hydrogens is 384 g/mol. The van der Waals surface area contributed by atoms with E-state index in [1.54, 1.807) is 17.9 Å². The lowest BCUT2D eigenvalue weighted by Gasteiger charge is -2.34. The van der Waals surface area contributed by atoms with Crippen LogP contribution in [0.2, 0.25) is 0 Å². The van der Waals surface area contributed by atoms with Gasteiger partial charge in [-0.3, -0.25) is 34.0 Å². The van der Waals surface area contributed by atoms with E-state index in [1.165, 1.54) is 0 Å². The number of carbonyl (C=O) groups is 2. The number of amides is 2. The zero-order chi connectivity index (χ0) is 21.0. The van der Waals surface area contributed by atoms with Crippen LogP contribution in [-0.2, 0) is 16.1 Å². The summed E-state index contributed by atoms with van der Waals surface area (Å²) in [5.74, 6) is 0.398. The Morgan fingerprint density at radius 3 is 2.59 bits per heavy atom. The maximum absolute atomic E-state index is 12.5. The second kappa shape index (κ2) is 8.65. The second-order valence-corrected chi connectivity index (χ2v) is 6.64.